The molecule has 0 bridgehead atoms. The predicted octanol–water partition coefficient (Wildman–Crippen LogP) is 2.89. The first-order valence-electron chi connectivity index (χ1n) is 7.42. The summed E-state index contributed by atoms with van der Waals surface area (Å²) < 4.78 is 5.15. The van der Waals surface area contributed by atoms with E-state index in [1.807, 2.05) is 37.3 Å². The molecular weight excluding hydrogens is 310 g/mol. The van der Waals surface area contributed by atoms with Crippen LogP contribution in [0.1, 0.15) is 18.5 Å². The van der Waals surface area contributed by atoms with Crippen molar-refractivity contribution in [1.82, 2.24) is 5.32 Å². The van der Waals surface area contributed by atoms with Gasteiger partial charge in [0, 0.05) is 12.1 Å². The fourth-order valence-electron chi connectivity index (χ4n) is 2.24. The van der Waals surface area contributed by atoms with Gasteiger partial charge in [0.15, 0.2) is 0 Å². The molecule has 0 heterocycles. The number of ether oxygens (including phenoxy) is 1. The van der Waals surface area contributed by atoms with Crippen LogP contribution in [-0.4, -0.2) is 24.5 Å². The lowest BCUT2D eigenvalue weighted by molar-refractivity contribution is -0.384. The monoisotopic (exact) mass is 329 g/mol. The van der Waals surface area contributed by atoms with Crippen LogP contribution in [0.2, 0.25) is 0 Å². The molecule has 0 saturated carbocycles. The van der Waals surface area contributed by atoms with Gasteiger partial charge in [-0.2, -0.15) is 0 Å². The Morgan fingerprint density at radius 3 is 2.58 bits per heavy atom. The molecule has 2 aromatic carbocycles. The van der Waals surface area contributed by atoms with E-state index >= 15 is 0 Å². The van der Waals surface area contributed by atoms with Gasteiger partial charge >= 0.3 is 0 Å². The number of non-ortho nitro benzene ring substituents is 1. The van der Waals surface area contributed by atoms with Crippen molar-refractivity contribution in [3.8, 4) is 5.75 Å². The number of nitrogens with zero attached hydrogens (tertiary/aromatic N) is 1. The van der Waals surface area contributed by atoms with Crippen molar-refractivity contribution in [3.05, 3.63) is 64.2 Å². The van der Waals surface area contributed by atoms with Gasteiger partial charge in [-0.15, -0.1) is 0 Å². The quantitative estimate of drug-likeness (QED) is 0.602. The molecule has 0 saturated heterocycles. The number of nitrogens with one attached hydrogen (secondary N) is 2. The summed E-state index contributed by atoms with van der Waals surface area (Å²) in [6, 6.07) is 13.6. The first kappa shape index (κ1) is 17.3. The highest BCUT2D eigenvalue weighted by atomic mass is 16.6. The highest BCUT2D eigenvalue weighted by Crippen LogP contribution is 2.28. The van der Waals surface area contributed by atoms with Crippen LogP contribution in [0.4, 0.5) is 11.4 Å². The van der Waals surface area contributed by atoms with Gasteiger partial charge in [-0.3, -0.25) is 14.9 Å². The zero-order valence-electron chi connectivity index (χ0n) is 13.5. The number of carbonyl (C=O) groups excluding carboxylic acids is 1. The van der Waals surface area contributed by atoms with Crippen LogP contribution in [0.25, 0.3) is 0 Å². The van der Waals surface area contributed by atoms with Crippen LogP contribution in [0.5, 0.6) is 5.75 Å². The molecule has 2 aromatic rings. The SMILES string of the molecule is COc1ccc([N+](=O)[O-])cc1NCC(=O)N[C@H](C)c1ccccc1. The Morgan fingerprint density at radius 2 is 1.96 bits per heavy atom. The second-order valence-electron chi connectivity index (χ2n) is 5.20. The van der Waals surface area contributed by atoms with Gasteiger partial charge in [-0.1, -0.05) is 30.3 Å². The number of hydrogen-bond acceptors (Lipinski definition) is 5. The maximum absolute atomic E-state index is 12.1. The third-order valence-electron chi connectivity index (χ3n) is 3.51. The van der Waals surface area contributed by atoms with Gasteiger partial charge < -0.3 is 15.4 Å². The first-order chi connectivity index (χ1) is 11.5. The Hall–Kier alpha value is -3.09. The largest absolute Gasteiger partial charge is 0.495 e. The van der Waals surface area contributed by atoms with Gasteiger partial charge in [0.25, 0.3) is 5.69 Å². The number of carbonyl (C=O) groups is 1. The topological polar surface area (TPSA) is 93.5 Å². The average Bonchev–Trinajstić information content (AvgIpc) is 2.60. The fraction of sp³-hybridized carbons (Fsp3) is 0.235. The molecule has 2 rings (SSSR count). The third-order valence-corrected chi connectivity index (χ3v) is 3.51. The van der Waals surface area contributed by atoms with Gasteiger partial charge in [0.2, 0.25) is 5.91 Å². The minimum absolute atomic E-state index is 0.0191. The predicted molar refractivity (Wildman–Crippen MR) is 91.1 cm³/mol. The standard InChI is InChI=1S/C17H19N3O4/c1-12(13-6-4-3-5-7-13)19-17(21)11-18-15-10-14(20(22)23)8-9-16(15)24-2/h3-10,12,18H,11H2,1-2H3,(H,19,21)/t12-/m1/s1. The zero-order chi connectivity index (χ0) is 17.5. The van der Waals surface area contributed by atoms with Crippen LogP contribution < -0.4 is 15.4 Å². The smallest absolute Gasteiger partial charge is 0.271 e. The second kappa shape index (κ2) is 7.96. The van der Waals surface area contributed by atoms with Crippen molar-refractivity contribution in [3.63, 3.8) is 0 Å². The van der Waals surface area contributed by atoms with Crippen LogP contribution in [0.15, 0.2) is 48.5 Å². The number of rotatable bonds is 7. The van der Waals surface area contributed by atoms with E-state index in [1.54, 1.807) is 0 Å². The van der Waals surface area contributed by atoms with Crippen molar-refractivity contribution in [2.45, 2.75) is 13.0 Å². The van der Waals surface area contributed by atoms with Gasteiger partial charge in [0.1, 0.15) is 5.75 Å². The van der Waals surface area contributed by atoms with E-state index in [2.05, 4.69) is 10.6 Å². The molecule has 7 nitrogen and oxygen atoms in total. The number of methoxy groups -OCH3 is 1. The molecule has 7 heteroatoms. The highest BCUT2D eigenvalue weighted by Gasteiger charge is 2.13. The van der Waals surface area contributed by atoms with Gasteiger partial charge in [-0.05, 0) is 18.6 Å². The van der Waals surface area contributed by atoms with E-state index in [9.17, 15) is 14.9 Å². The van der Waals surface area contributed by atoms with Crippen molar-refractivity contribution >= 4 is 17.3 Å². The lowest BCUT2D eigenvalue weighted by Gasteiger charge is -2.15. The first-order valence-corrected chi connectivity index (χ1v) is 7.42. The Kier molecular flexibility index (Phi) is 5.73. The number of nitro groups is 1. The maximum Gasteiger partial charge on any atom is 0.271 e. The van der Waals surface area contributed by atoms with Crippen molar-refractivity contribution in [2.24, 2.45) is 0 Å². The van der Waals surface area contributed by atoms with Crippen LogP contribution in [0.3, 0.4) is 0 Å². The molecule has 0 aromatic heterocycles. The molecule has 24 heavy (non-hydrogen) atoms. The van der Waals surface area contributed by atoms with E-state index in [0.717, 1.165) is 5.56 Å². The fourth-order valence-corrected chi connectivity index (χ4v) is 2.24. The van der Waals surface area contributed by atoms with Crippen molar-refractivity contribution < 1.29 is 14.5 Å². The van der Waals surface area contributed by atoms with Crippen LogP contribution >= 0.6 is 0 Å². The zero-order valence-corrected chi connectivity index (χ0v) is 13.5. The molecular formula is C17H19N3O4. The molecule has 0 spiro atoms. The summed E-state index contributed by atoms with van der Waals surface area (Å²) >= 11 is 0. The number of anilines is 1. The molecule has 0 unspecified atom stereocenters. The molecule has 0 aliphatic rings. The number of hydrogen-bond donors (Lipinski definition) is 2. The summed E-state index contributed by atoms with van der Waals surface area (Å²) in [4.78, 5) is 22.4. The Morgan fingerprint density at radius 1 is 1.25 bits per heavy atom. The van der Waals surface area contributed by atoms with Gasteiger partial charge in [-0.25, -0.2) is 0 Å². The second-order valence-corrected chi connectivity index (χ2v) is 5.20. The Labute approximate surface area is 139 Å². The molecule has 2 N–H and O–H groups in total. The summed E-state index contributed by atoms with van der Waals surface area (Å²) in [5, 5.41) is 16.6. The summed E-state index contributed by atoms with van der Waals surface area (Å²) in [5.41, 5.74) is 1.32. The summed E-state index contributed by atoms with van der Waals surface area (Å²) in [6.45, 7) is 1.87. The number of amides is 1. The Bertz CT molecular complexity index is 719. The molecule has 1 atom stereocenters. The molecule has 0 aliphatic heterocycles. The van der Waals surface area contributed by atoms with Crippen molar-refractivity contribution in [2.75, 3.05) is 19.0 Å². The average molecular weight is 329 g/mol. The summed E-state index contributed by atoms with van der Waals surface area (Å²) in [7, 11) is 1.46. The van der Waals surface area contributed by atoms with E-state index in [4.69, 9.17) is 4.74 Å². The number of nitro benzene ring substituents is 1. The van der Waals surface area contributed by atoms with E-state index in [-0.39, 0.29) is 24.2 Å². The van der Waals surface area contributed by atoms with E-state index in [0.29, 0.717) is 11.4 Å². The lowest BCUT2D eigenvalue weighted by Crippen LogP contribution is -2.32. The normalized spacial score (nSPS) is 11.4. The minimum atomic E-state index is -0.498. The van der Waals surface area contributed by atoms with E-state index in [1.165, 1.54) is 25.3 Å². The van der Waals surface area contributed by atoms with Crippen LogP contribution in [-0.2, 0) is 4.79 Å². The minimum Gasteiger partial charge on any atom is -0.495 e. The third kappa shape index (κ3) is 4.45. The summed E-state index contributed by atoms with van der Waals surface area (Å²) in [5.74, 6) is 0.212. The molecule has 0 radical (unpaired) electrons. The Balaban J connectivity index is 1.98. The van der Waals surface area contributed by atoms with E-state index < -0.39 is 4.92 Å². The van der Waals surface area contributed by atoms with Crippen molar-refractivity contribution in [1.29, 1.82) is 0 Å². The maximum atomic E-state index is 12.1. The molecule has 126 valence electrons. The lowest BCUT2D eigenvalue weighted by atomic mass is 10.1. The molecule has 0 aliphatic carbocycles. The van der Waals surface area contributed by atoms with Gasteiger partial charge in [0.05, 0.1) is 30.3 Å². The molecule has 0 fully saturated rings. The van der Waals surface area contributed by atoms with Crippen LogP contribution in [0, 0.1) is 10.1 Å². The number of benzene rings is 2. The molecule has 1 amide bonds. The summed E-state index contributed by atoms with van der Waals surface area (Å²) in [6.07, 6.45) is 0. The highest BCUT2D eigenvalue weighted by molar-refractivity contribution is 5.82.